The number of halogens is 2. The summed E-state index contributed by atoms with van der Waals surface area (Å²) in [6.07, 6.45) is 2.37. The number of fused-ring (bicyclic) bond motifs is 1. The zero-order valence-electron chi connectivity index (χ0n) is 11.5. The predicted molar refractivity (Wildman–Crippen MR) is 83.1 cm³/mol. The van der Waals surface area contributed by atoms with E-state index in [-0.39, 0.29) is 5.56 Å². The van der Waals surface area contributed by atoms with Gasteiger partial charge in [0.2, 0.25) is 0 Å². The maximum atomic E-state index is 13.6. The van der Waals surface area contributed by atoms with Gasteiger partial charge in [0, 0.05) is 23.6 Å². The fraction of sp³-hybridized carbons (Fsp3) is 0.133. The van der Waals surface area contributed by atoms with Gasteiger partial charge in [-0.3, -0.25) is 9.20 Å². The fourth-order valence-electron chi connectivity index (χ4n) is 2.12. The number of benzene rings is 1. The molecule has 1 N–H and O–H groups in total. The minimum absolute atomic E-state index is 0.0143. The number of hydrogen-bond acceptors (Lipinski definition) is 3. The highest BCUT2D eigenvalue weighted by molar-refractivity contribution is 9.10. The van der Waals surface area contributed by atoms with Crippen molar-refractivity contribution in [2.45, 2.75) is 6.42 Å². The van der Waals surface area contributed by atoms with Crippen molar-refractivity contribution in [3.05, 3.63) is 64.3 Å². The van der Waals surface area contributed by atoms with Gasteiger partial charge in [0.1, 0.15) is 11.6 Å². The van der Waals surface area contributed by atoms with Gasteiger partial charge in [-0.2, -0.15) is 0 Å². The van der Waals surface area contributed by atoms with Crippen molar-refractivity contribution in [1.82, 2.24) is 19.9 Å². The molecule has 0 aliphatic heterocycles. The molecule has 3 rings (SSSR count). The molecule has 7 heteroatoms. The molecule has 22 heavy (non-hydrogen) atoms. The first kappa shape index (κ1) is 14.6. The minimum Gasteiger partial charge on any atom is -0.351 e. The maximum absolute atomic E-state index is 13.6. The molecule has 0 atom stereocenters. The number of hydrogen-bond donors (Lipinski definition) is 1. The van der Waals surface area contributed by atoms with Crippen LogP contribution in [0.2, 0.25) is 0 Å². The Bertz CT molecular complexity index is 833. The van der Waals surface area contributed by atoms with E-state index < -0.39 is 11.7 Å². The van der Waals surface area contributed by atoms with E-state index in [0.29, 0.717) is 17.4 Å². The first-order valence-electron chi connectivity index (χ1n) is 6.67. The van der Waals surface area contributed by atoms with E-state index in [9.17, 15) is 9.18 Å². The summed E-state index contributed by atoms with van der Waals surface area (Å²) in [5.41, 5.74) is 0.766. The second kappa shape index (κ2) is 6.23. The first-order valence-corrected chi connectivity index (χ1v) is 7.46. The van der Waals surface area contributed by atoms with E-state index in [2.05, 4.69) is 31.4 Å². The van der Waals surface area contributed by atoms with Crippen LogP contribution in [0.3, 0.4) is 0 Å². The average Bonchev–Trinajstić information content (AvgIpc) is 2.93. The summed E-state index contributed by atoms with van der Waals surface area (Å²) in [6.45, 7) is 0.348. The van der Waals surface area contributed by atoms with E-state index in [1.54, 1.807) is 6.07 Å². The molecule has 0 unspecified atom stereocenters. The van der Waals surface area contributed by atoms with Crippen LogP contribution in [0.5, 0.6) is 0 Å². The lowest BCUT2D eigenvalue weighted by atomic mass is 10.2. The van der Waals surface area contributed by atoms with E-state index in [1.165, 1.54) is 12.1 Å². The molecule has 0 spiro atoms. The Labute approximate surface area is 134 Å². The van der Waals surface area contributed by atoms with Crippen LogP contribution in [-0.4, -0.2) is 27.0 Å². The van der Waals surface area contributed by atoms with E-state index in [4.69, 9.17) is 0 Å². The topological polar surface area (TPSA) is 59.3 Å². The van der Waals surface area contributed by atoms with E-state index in [1.807, 2.05) is 28.8 Å². The highest BCUT2D eigenvalue weighted by Gasteiger charge is 2.12. The number of carbonyl (C=O) groups excluding carboxylic acids is 1. The molecule has 0 radical (unpaired) electrons. The van der Waals surface area contributed by atoms with Crippen LogP contribution in [0.4, 0.5) is 4.39 Å². The zero-order chi connectivity index (χ0) is 15.5. The summed E-state index contributed by atoms with van der Waals surface area (Å²) >= 11 is 3.22. The Morgan fingerprint density at radius 1 is 1.27 bits per heavy atom. The Morgan fingerprint density at radius 2 is 2.14 bits per heavy atom. The number of aromatic nitrogens is 3. The molecule has 0 saturated heterocycles. The normalized spacial score (nSPS) is 10.8. The van der Waals surface area contributed by atoms with Crippen molar-refractivity contribution < 1.29 is 9.18 Å². The summed E-state index contributed by atoms with van der Waals surface area (Å²) in [5.74, 6) is -0.258. The predicted octanol–water partition coefficient (Wildman–Crippen LogP) is 2.60. The average molecular weight is 363 g/mol. The monoisotopic (exact) mass is 362 g/mol. The SMILES string of the molecule is O=C(NCCc1nnc2ccccn12)c1cc(Br)ccc1F. The summed E-state index contributed by atoms with van der Waals surface area (Å²) in [4.78, 5) is 12.0. The quantitative estimate of drug-likeness (QED) is 0.775. The van der Waals surface area contributed by atoms with Gasteiger partial charge in [-0.25, -0.2) is 4.39 Å². The molecule has 1 amide bonds. The number of pyridine rings is 1. The lowest BCUT2D eigenvalue weighted by Crippen LogP contribution is -2.27. The summed E-state index contributed by atoms with van der Waals surface area (Å²) in [6, 6.07) is 9.88. The van der Waals surface area contributed by atoms with Gasteiger partial charge in [-0.05, 0) is 30.3 Å². The van der Waals surface area contributed by atoms with Crippen LogP contribution in [-0.2, 0) is 6.42 Å². The van der Waals surface area contributed by atoms with Crippen molar-refractivity contribution in [2.75, 3.05) is 6.54 Å². The molecule has 0 saturated carbocycles. The van der Waals surface area contributed by atoms with Crippen LogP contribution in [0.15, 0.2) is 47.1 Å². The smallest absolute Gasteiger partial charge is 0.254 e. The second-order valence-electron chi connectivity index (χ2n) is 4.68. The van der Waals surface area contributed by atoms with Crippen molar-refractivity contribution >= 4 is 27.5 Å². The third-order valence-corrected chi connectivity index (χ3v) is 3.68. The molecule has 5 nitrogen and oxygen atoms in total. The van der Waals surface area contributed by atoms with Crippen molar-refractivity contribution in [3.63, 3.8) is 0 Å². The third kappa shape index (κ3) is 2.99. The fourth-order valence-corrected chi connectivity index (χ4v) is 2.48. The van der Waals surface area contributed by atoms with Crippen LogP contribution >= 0.6 is 15.9 Å². The van der Waals surface area contributed by atoms with Crippen LogP contribution in [0, 0.1) is 5.82 Å². The van der Waals surface area contributed by atoms with Gasteiger partial charge in [0.25, 0.3) is 5.91 Å². The van der Waals surface area contributed by atoms with Gasteiger partial charge in [-0.15, -0.1) is 10.2 Å². The number of rotatable bonds is 4. The van der Waals surface area contributed by atoms with Crippen LogP contribution in [0.25, 0.3) is 5.65 Å². The molecular weight excluding hydrogens is 351 g/mol. The van der Waals surface area contributed by atoms with Crippen molar-refractivity contribution in [2.24, 2.45) is 0 Å². The minimum atomic E-state index is -0.548. The molecule has 0 aliphatic rings. The van der Waals surface area contributed by atoms with Crippen molar-refractivity contribution in [3.8, 4) is 0 Å². The Hall–Kier alpha value is -2.28. The Morgan fingerprint density at radius 3 is 3.00 bits per heavy atom. The molecule has 1 aromatic carbocycles. The summed E-state index contributed by atoms with van der Waals surface area (Å²) in [7, 11) is 0. The maximum Gasteiger partial charge on any atom is 0.254 e. The largest absolute Gasteiger partial charge is 0.351 e. The molecular formula is C15H12BrFN4O. The standard InChI is InChI=1S/C15H12BrFN4O/c16-10-4-5-12(17)11(9-10)15(22)18-7-6-14-20-19-13-3-1-2-8-21(13)14/h1-5,8-9H,6-7H2,(H,18,22). The van der Waals surface area contributed by atoms with Gasteiger partial charge in [-0.1, -0.05) is 22.0 Å². The highest BCUT2D eigenvalue weighted by atomic mass is 79.9. The Kier molecular flexibility index (Phi) is 4.15. The first-order chi connectivity index (χ1) is 10.6. The van der Waals surface area contributed by atoms with E-state index in [0.717, 1.165) is 11.5 Å². The lowest BCUT2D eigenvalue weighted by Gasteiger charge is -2.06. The van der Waals surface area contributed by atoms with E-state index >= 15 is 0 Å². The highest BCUT2D eigenvalue weighted by Crippen LogP contribution is 2.15. The van der Waals surface area contributed by atoms with Gasteiger partial charge in [0.15, 0.2) is 5.65 Å². The molecule has 3 aromatic rings. The van der Waals surface area contributed by atoms with Crippen LogP contribution < -0.4 is 5.32 Å². The van der Waals surface area contributed by atoms with Gasteiger partial charge in [0.05, 0.1) is 5.56 Å². The molecule has 2 aromatic heterocycles. The van der Waals surface area contributed by atoms with Crippen LogP contribution in [0.1, 0.15) is 16.2 Å². The number of nitrogens with one attached hydrogen (secondary N) is 1. The van der Waals surface area contributed by atoms with Gasteiger partial charge >= 0.3 is 0 Å². The summed E-state index contributed by atoms with van der Waals surface area (Å²) in [5, 5.41) is 10.8. The summed E-state index contributed by atoms with van der Waals surface area (Å²) < 4.78 is 16.1. The molecule has 112 valence electrons. The molecule has 0 fully saturated rings. The molecule has 0 bridgehead atoms. The number of nitrogens with zero attached hydrogens (tertiary/aromatic N) is 3. The lowest BCUT2D eigenvalue weighted by molar-refractivity contribution is 0.0950. The number of carbonyl (C=O) groups is 1. The molecule has 0 aliphatic carbocycles. The van der Waals surface area contributed by atoms with Crippen molar-refractivity contribution in [1.29, 1.82) is 0 Å². The molecule has 2 heterocycles. The Balaban J connectivity index is 1.65. The zero-order valence-corrected chi connectivity index (χ0v) is 13.0. The third-order valence-electron chi connectivity index (χ3n) is 3.19. The second-order valence-corrected chi connectivity index (χ2v) is 5.59. The van der Waals surface area contributed by atoms with Gasteiger partial charge < -0.3 is 5.32 Å². The number of amides is 1.